The number of carbonyl (C=O) groups is 2. The van der Waals surface area contributed by atoms with E-state index in [0.29, 0.717) is 64.1 Å². The second kappa shape index (κ2) is 20.6. The van der Waals surface area contributed by atoms with Crippen LogP contribution in [0.3, 0.4) is 0 Å². The zero-order chi connectivity index (χ0) is 33.8. The number of benzene rings is 4. The minimum atomic E-state index is -0.400. The van der Waals surface area contributed by atoms with E-state index < -0.39 is 11.8 Å². The van der Waals surface area contributed by atoms with Crippen LogP contribution < -0.4 is 20.1 Å². The molecule has 2 amide bonds. The monoisotopic (exact) mass is 782 g/mol. The Hall–Kier alpha value is -4.60. The van der Waals surface area contributed by atoms with Gasteiger partial charge in [0.05, 0.1) is 0 Å². The number of oxime groups is 2. The Labute approximate surface area is 291 Å². The Bertz CT molecular complexity index is 1500. The summed E-state index contributed by atoms with van der Waals surface area (Å²) in [7, 11) is 0. The molecule has 0 bridgehead atoms. The molecule has 0 atom stereocenters. The summed E-state index contributed by atoms with van der Waals surface area (Å²) in [4.78, 5) is 25.1. The summed E-state index contributed by atoms with van der Waals surface area (Å²) in [5.41, 5.74) is 3.89. The molecule has 0 saturated carbocycles. The molecule has 4 N–H and O–H groups in total. The molecule has 250 valence electrons. The summed E-state index contributed by atoms with van der Waals surface area (Å²) in [6.45, 7) is 1.89. The van der Waals surface area contributed by atoms with E-state index >= 15 is 0 Å². The van der Waals surface area contributed by atoms with Crippen molar-refractivity contribution in [3.63, 3.8) is 0 Å². The van der Waals surface area contributed by atoms with Gasteiger partial charge in [0, 0.05) is 0 Å². The minimum absolute atomic E-state index is 0.0439. The van der Waals surface area contributed by atoms with Gasteiger partial charge in [-0.1, -0.05) is 60.7 Å². The fraction of sp³-hybridized carbons (Fsp3) is 0.222. The molecular weight excluding hydrogens is 742 g/mol. The van der Waals surface area contributed by atoms with E-state index in [-0.39, 0.29) is 24.3 Å². The molecule has 10 nitrogen and oxygen atoms in total. The Morgan fingerprint density at radius 1 is 0.542 bits per heavy atom. The number of amides is 2. The molecule has 0 aliphatic carbocycles. The summed E-state index contributed by atoms with van der Waals surface area (Å²) in [6, 6.07) is 34.5. The van der Waals surface area contributed by atoms with Gasteiger partial charge in [-0.25, -0.2) is 0 Å². The van der Waals surface area contributed by atoms with Crippen LogP contribution in [0.2, 0.25) is 10.6 Å². The van der Waals surface area contributed by atoms with Gasteiger partial charge < -0.3 is 0 Å². The molecule has 0 radical (unpaired) electrons. The molecular formula is C36H38N4O6Se2. The average molecular weight is 781 g/mol. The Kier molecular flexibility index (Phi) is 15.5. The molecule has 0 spiro atoms. The number of carbonyl (C=O) groups excluding carboxylic acids is 2. The molecule has 0 heterocycles. The van der Waals surface area contributed by atoms with E-state index in [9.17, 15) is 20.0 Å². The normalized spacial score (nSPS) is 11.5. The predicted octanol–water partition coefficient (Wildman–Crippen LogP) is 4.68. The summed E-state index contributed by atoms with van der Waals surface area (Å²) >= 11 is 0.630. The summed E-state index contributed by atoms with van der Waals surface area (Å²) in [5, 5.41) is 32.6. The first kappa shape index (κ1) is 36.2. The van der Waals surface area contributed by atoms with E-state index in [2.05, 4.69) is 20.9 Å². The number of nitrogens with one attached hydrogen (secondary N) is 2. The quantitative estimate of drug-likeness (QED) is 0.0358. The third-order valence-corrected chi connectivity index (χ3v) is 14.2. The van der Waals surface area contributed by atoms with Crippen molar-refractivity contribution >= 4 is 49.5 Å². The van der Waals surface area contributed by atoms with Crippen molar-refractivity contribution in [1.82, 2.24) is 10.6 Å². The van der Waals surface area contributed by atoms with E-state index in [0.717, 1.165) is 32.9 Å². The van der Waals surface area contributed by atoms with Crippen LogP contribution >= 0.6 is 0 Å². The molecule has 48 heavy (non-hydrogen) atoms. The third kappa shape index (κ3) is 12.9. The molecule has 12 heteroatoms. The maximum atomic E-state index is 12.5. The standard InChI is InChI=1S/C36H38N4O6Se2/c41-35(33(39-43)23-27-11-15-31(16-12-27)45-25-29-7-3-1-4-8-29)37-19-21-47-48-22-20-38-36(42)34(40-44)24-28-13-17-32(18-14-28)46-26-30-9-5-2-6-10-30/h1-18,43-44H,19-26H2,(H,37,41)(H,38,42)/b39-33+,40-34+. The Morgan fingerprint density at radius 2 is 0.917 bits per heavy atom. The van der Waals surface area contributed by atoms with Crippen LogP contribution in [-0.4, -0.2) is 73.0 Å². The number of ether oxygens (including phenoxy) is 2. The molecule has 4 rings (SSSR count). The van der Waals surface area contributed by atoms with Crippen molar-refractivity contribution in [3.05, 3.63) is 131 Å². The average Bonchev–Trinajstić information content (AvgIpc) is 3.13. The Morgan fingerprint density at radius 3 is 1.27 bits per heavy atom. The molecule has 4 aromatic rings. The second-order valence-electron chi connectivity index (χ2n) is 10.4. The molecule has 0 fully saturated rings. The van der Waals surface area contributed by atoms with E-state index in [1.807, 2.05) is 109 Å². The zero-order valence-electron chi connectivity index (χ0n) is 26.3. The van der Waals surface area contributed by atoms with Crippen LogP contribution in [0.1, 0.15) is 22.3 Å². The number of hydrogen-bond donors (Lipinski definition) is 4. The van der Waals surface area contributed by atoms with Crippen LogP contribution in [0.15, 0.2) is 120 Å². The van der Waals surface area contributed by atoms with Crippen molar-refractivity contribution in [2.45, 2.75) is 36.7 Å². The molecule has 0 aliphatic rings. The van der Waals surface area contributed by atoms with Crippen molar-refractivity contribution in [2.24, 2.45) is 10.3 Å². The van der Waals surface area contributed by atoms with Crippen molar-refractivity contribution in [2.75, 3.05) is 13.1 Å². The molecule has 0 saturated heterocycles. The van der Waals surface area contributed by atoms with Gasteiger partial charge in [-0.3, -0.25) is 0 Å². The van der Waals surface area contributed by atoms with Gasteiger partial charge >= 0.3 is 221 Å². The van der Waals surface area contributed by atoms with Crippen molar-refractivity contribution in [1.29, 1.82) is 0 Å². The van der Waals surface area contributed by atoms with Gasteiger partial charge in [0.1, 0.15) is 0 Å². The summed E-state index contributed by atoms with van der Waals surface area (Å²) in [5.74, 6) is 0.629. The molecule has 0 aliphatic heterocycles. The third-order valence-electron chi connectivity index (χ3n) is 6.88. The summed E-state index contributed by atoms with van der Waals surface area (Å²) in [6.07, 6.45) is 0.396. The van der Waals surface area contributed by atoms with Crippen LogP contribution in [0.5, 0.6) is 11.5 Å². The van der Waals surface area contributed by atoms with Crippen LogP contribution in [-0.2, 0) is 35.6 Å². The van der Waals surface area contributed by atoms with Crippen molar-refractivity contribution < 1.29 is 29.5 Å². The predicted molar refractivity (Wildman–Crippen MR) is 187 cm³/mol. The topological polar surface area (TPSA) is 142 Å². The first-order valence-corrected chi connectivity index (χ1v) is 22.0. The van der Waals surface area contributed by atoms with E-state index in [1.54, 1.807) is 0 Å². The van der Waals surface area contributed by atoms with Crippen LogP contribution in [0, 0.1) is 0 Å². The Balaban J connectivity index is 1.05. The van der Waals surface area contributed by atoms with Gasteiger partial charge in [0.15, 0.2) is 0 Å². The summed E-state index contributed by atoms with van der Waals surface area (Å²) < 4.78 is 11.6. The van der Waals surface area contributed by atoms with Gasteiger partial charge in [-0.2, -0.15) is 0 Å². The fourth-order valence-corrected chi connectivity index (χ4v) is 9.99. The van der Waals surface area contributed by atoms with Crippen LogP contribution in [0.4, 0.5) is 0 Å². The van der Waals surface area contributed by atoms with E-state index in [4.69, 9.17) is 9.47 Å². The van der Waals surface area contributed by atoms with Gasteiger partial charge in [-0.05, 0) is 11.1 Å². The first-order chi connectivity index (χ1) is 23.5. The molecule has 0 unspecified atom stereocenters. The SMILES string of the molecule is O=C(NCC[Se][Se]CCNC(=O)/C(Cc1ccc(OCc2ccccc2)cc1)=N/O)/C(Cc1ccc(OCc2ccccc2)cc1)=N/O. The van der Waals surface area contributed by atoms with Gasteiger partial charge in [-0.15, -0.1) is 0 Å². The first-order valence-electron chi connectivity index (χ1n) is 15.3. The second-order valence-corrected chi connectivity index (χ2v) is 18.3. The van der Waals surface area contributed by atoms with Gasteiger partial charge in [0.25, 0.3) is 0 Å². The van der Waals surface area contributed by atoms with Gasteiger partial charge in [0.2, 0.25) is 0 Å². The maximum absolute atomic E-state index is 12.5. The van der Waals surface area contributed by atoms with E-state index in [1.165, 1.54) is 0 Å². The molecule has 0 aromatic heterocycles. The molecule has 4 aromatic carbocycles. The van der Waals surface area contributed by atoms with Crippen molar-refractivity contribution in [3.8, 4) is 11.5 Å². The zero-order valence-corrected chi connectivity index (χ0v) is 29.7. The fourth-order valence-electron chi connectivity index (χ4n) is 4.33. The number of nitrogens with zero attached hydrogens (tertiary/aromatic N) is 2. The number of hydrogen-bond acceptors (Lipinski definition) is 8. The van der Waals surface area contributed by atoms with Crippen LogP contribution in [0.25, 0.3) is 0 Å². The number of rotatable bonds is 19.